The Labute approximate surface area is 89.8 Å². The Balaban J connectivity index is 2.82. The monoisotopic (exact) mass is 208 g/mol. The SMILES string of the molecule is C=CC[C@]1(CCC#N)CCCN(O)C1=O. The molecular formula is C11H16N2O2. The third-order valence-corrected chi connectivity index (χ3v) is 2.96. The average Bonchev–Trinajstić information content (AvgIpc) is 2.23. The van der Waals surface area contributed by atoms with Crippen LogP contribution in [0.25, 0.3) is 0 Å². The summed E-state index contributed by atoms with van der Waals surface area (Å²) in [6, 6.07) is 2.05. The van der Waals surface area contributed by atoms with Crippen LogP contribution in [0.4, 0.5) is 0 Å². The molecule has 4 nitrogen and oxygen atoms in total. The zero-order valence-corrected chi connectivity index (χ0v) is 8.78. The van der Waals surface area contributed by atoms with E-state index in [9.17, 15) is 10.0 Å². The maximum atomic E-state index is 11.9. The van der Waals surface area contributed by atoms with Crippen LogP contribution in [0, 0.1) is 16.7 Å². The quantitative estimate of drug-likeness (QED) is 0.566. The molecule has 0 unspecified atom stereocenters. The predicted octanol–water partition coefficient (Wildman–Crippen LogP) is 1.86. The molecule has 0 aliphatic carbocycles. The third-order valence-electron chi connectivity index (χ3n) is 2.96. The molecule has 0 aromatic rings. The number of hydrogen-bond donors (Lipinski definition) is 1. The zero-order chi connectivity index (χ0) is 11.3. The number of amides is 1. The Bertz CT molecular complexity index is 295. The van der Waals surface area contributed by atoms with E-state index in [0.717, 1.165) is 17.9 Å². The number of rotatable bonds is 4. The summed E-state index contributed by atoms with van der Waals surface area (Å²) in [6.45, 7) is 4.03. The Hall–Kier alpha value is -1.34. The van der Waals surface area contributed by atoms with Gasteiger partial charge in [-0.15, -0.1) is 6.58 Å². The lowest BCUT2D eigenvalue weighted by Gasteiger charge is -2.38. The van der Waals surface area contributed by atoms with Crippen molar-refractivity contribution in [2.24, 2.45) is 5.41 Å². The van der Waals surface area contributed by atoms with Crippen LogP contribution in [0.15, 0.2) is 12.7 Å². The molecule has 82 valence electrons. The molecule has 4 heteroatoms. The summed E-state index contributed by atoms with van der Waals surface area (Å²) < 4.78 is 0. The van der Waals surface area contributed by atoms with Crippen molar-refractivity contribution in [3.63, 3.8) is 0 Å². The number of hydroxylamine groups is 2. The first kappa shape index (κ1) is 11.7. The van der Waals surface area contributed by atoms with Crippen molar-refractivity contribution in [1.82, 2.24) is 5.06 Å². The lowest BCUT2D eigenvalue weighted by atomic mass is 9.73. The van der Waals surface area contributed by atoms with Gasteiger partial charge in [-0.25, -0.2) is 5.06 Å². The van der Waals surface area contributed by atoms with Gasteiger partial charge in [-0.1, -0.05) is 6.08 Å². The standard InChI is InChI=1S/C11H16N2O2/c1-2-5-11(6-3-8-12)7-4-9-13(15)10(11)14/h2,15H,1,3-7,9H2/t11-/m0/s1. The van der Waals surface area contributed by atoms with Crippen molar-refractivity contribution < 1.29 is 10.0 Å². The number of allylic oxidation sites excluding steroid dienone is 1. The van der Waals surface area contributed by atoms with Crippen LogP contribution in [-0.2, 0) is 4.79 Å². The molecule has 0 spiro atoms. The molecule has 1 fully saturated rings. The highest BCUT2D eigenvalue weighted by atomic mass is 16.5. The second-order valence-corrected chi connectivity index (χ2v) is 3.96. The smallest absolute Gasteiger partial charge is 0.252 e. The summed E-state index contributed by atoms with van der Waals surface area (Å²) in [5.41, 5.74) is -0.593. The first-order valence-corrected chi connectivity index (χ1v) is 5.15. The van der Waals surface area contributed by atoms with E-state index in [4.69, 9.17) is 5.26 Å². The highest BCUT2D eigenvalue weighted by molar-refractivity contribution is 5.82. The molecule has 15 heavy (non-hydrogen) atoms. The minimum atomic E-state index is -0.593. The molecule has 1 saturated heterocycles. The molecule has 1 aliphatic rings. The van der Waals surface area contributed by atoms with Gasteiger partial charge in [0.2, 0.25) is 0 Å². The number of piperidine rings is 1. The van der Waals surface area contributed by atoms with Crippen LogP contribution < -0.4 is 0 Å². The number of nitriles is 1. The van der Waals surface area contributed by atoms with Crippen LogP contribution in [-0.4, -0.2) is 22.7 Å². The van der Waals surface area contributed by atoms with Gasteiger partial charge in [0.25, 0.3) is 5.91 Å². The average molecular weight is 208 g/mol. The fourth-order valence-electron chi connectivity index (χ4n) is 2.14. The summed E-state index contributed by atoms with van der Waals surface area (Å²) in [5.74, 6) is -0.260. The first-order valence-electron chi connectivity index (χ1n) is 5.15. The minimum absolute atomic E-state index is 0.260. The normalized spacial score (nSPS) is 26.1. The van der Waals surface area contributed by atoms with Gasteiger partial charge in [0.1, 0.15) is 0 Å². The number of carbonyl (C=O) groups excluding carboxylic acids is 1. The van der Waals surface area contributed by atoms with E-state index >= 15 is 0 Å². The number of nitrogens with zero attached hydrogens (tertiary/aromatic N) is 2. The molecule has 0 aromatic carbocycles. The fourth-order valence-corrected chi connectivity index (χ4v) is 2.14. The number of hydrogen-bond acceptors (Lipinski definition) is 3. The molecule has 1 aliphatic heterocycles. The van der Waals surface area contributed by atoms with Crippen molar-refractivity contribution in [2.75, 3.05) is 6.54 Å². The van der Waals surface area contributed by atoms with Gasteiger partial charge in [0, 0.05) is 13.0 Å². The van der Waals surface area contributed by atoms with E-state index in [1.165, 1.54) is 0 Å². The largest absolute Gasteiger partial charge is 0.286 e. The number of carbonyl (C=O) groups is 1. The van der Waals surface area contributed by atoms with Crippen LogP contribution >= 0.6 is 0 Å². The molecule has 0 aromatic heterocycles. The second kappa shape index (κ2) is 4.94. The van der Waals surface area contributed by atoms with E-state index in [1.807, 2.05) is 6.07 Å². The highest BCUT2D eigenvalue weighted by Crippen LogP contribution is 2.38. The van der Waals surface area contributed by atoms with Crippen molar-refractivity contribution in [2.45, 2.75) is 32.1 Å². The van der Waals surface area contributed by atoms with E-state index in [2.05, 4.69) is 6.58 Å². The molecule has 1 heterocycles. The third kappa shape index (κ3) is 2.37. The lowest BCUT2D eigenvalue weighted by Crippen LogP contribution is -2.47. The van der Waals surface area contributed by atoms with Gasteiger partial charge in [-0.2, -0.15) is 5.26 Å². The first-order chi connectivity index (χ1) is 7.16. The van der Waals surface area contributed by atoms with Crippen molar-refractivity contribution in [3.8, 4) is 6.07 Å². The van der Waals surface area contributed by atoms with E-state index in [-0.39, 0.29) is 5.91 Å². The van der Waals surface area contributed by atoms with Gasteiger partial charge < -0.3 is 0 Å². The van der Waals surface area contributed by atoms with E-state index in [0.29, 0.717) is 25.8 Å². The Kier molecular flexibility index (Phi) is 3.87. The van der Waals surface area contributed by atoms with Gasteiger partial charge in [-0.05, 0) is 25.7 Å². The van der Waals surface area contributed by atoms with E-state index in [1.54, 1.807) is 6.08 Å². The van der Waals surface area contributed by atoms with E-state index < -0.39 is 5.41 Å². The Morgan fingerprint density at radius 3 is 3.07 bits per heavy atom. The summed E-state index contributed by atoms with van der Waals surface area (Å²) in [7, 11) is 0. The zero-order valence-electron chi connectivity index (χ0n) is 8.78. The molecule has 0 bridgehead atoms. The minimum Gasteiger partial charge on any atom is -0.286 e. The van der Waals surface area contributed by atoms with Gasteiger partial charge in [-0.3, -0.25) is 10.0 Å². The van der Waals surface area contributed by atoms with Crippen molar-refractivity contribution >= 4 is 5.91 Å². The molecule has 0 saturated carbocycles. The van der Waals surface area contributed by atoms with Crippen LogP contribution in [0.2, 0.25) is 0 Å². The molecule has 1 atom stereocenters. The van der Waals surface area contributed by atoms with Crippen LogP contribution in [0.5, 0.6) is 0 Å². The molecule has 0 radical (unpaired) electrons. The summed E-state index contributed by atoms with van der Waals surface area (Å²) in [5, 5.41) is 18.8. The van der Waals surface area contributed by atoms with Gasteiger partial charge >= 0.3 is 0 Å². The van der Waals surface area contributed by atoms with Crippen LogP contribution in [0.1, 0.15) is 32.1 Å². The van der Waals surface area contributed by atoms with Crippen LogP contribution in [0.3, 0.4) is 0 Å². The Morgan fingerprint density at radius 2 is 2.47 bits per heavy atom. The van der Waals surface area contributed by atoms with Gasteiger partial charge in [0.15, 0.2) is 0 Å². The van der Waals surface area contributed by atoms with Crippen molar-refractivity contribution in [3.05, 3.63) is 12.7 Å². The maximum Gasteiger partial charge on any atom is 0.252 e. The summed E-state index contributed by atoms with van der Waals surface area (Å²) in [4.78, 5) is 11.9. The second-order valence-electron chi connectivity index (χ2n) is 3.96. The molecular weight excluding hydrogens is 192 g/mol. The summed E-state index contributed by atoms with van der Waals surface area (Å²) in [6.07, 6.45) is 4.58. The molecule has 1 amide bonds. The molecule has 1 rings (SSSR count). The summed E-state index contributed by atoms with van der Waals surface area (Å²) >= 11 is 0. The topological polar surface area (TPSA) is 64.3 Å². The molecule has 1 N–H and O–H groups in total. The van der Waals surface area contributed by atoms with Gasteiger partial charge in [0.05, 0.1) is 11.5 Å². The van der Waals surface area contributed by atoms with Crippen molar-refractivity contribution in [1.29, 1.82) is 5.26 Å². The predicted molar refractivity (Wildman–Crippen MR) is 54.8 cm³/mol. The maximum absolute atomic E-state index is 11.9. The highest BCUT2D eigenvalue weighted by Gasteiger charge is 2.42. The Morgan fingerprint density at radius 1 is 1.73 bits per heavy atom. The fraction of sp³-hybridized carbons (Fsp3) is 0.636. The lowest BCUT2D eigenvalue weighted by molar-refractivity contribution is -0.185.